The minimum Gasteiger partial charge on any atom is -0.493 e. The maximum Gasteiger partial charge on any atom is 0.162 e. The van der Waals surface area contributed by atoms with E-state index >= 15 is 0 Å². The third-order valence-corrected chi connectivity index (χ3v) is 2.12. The van der Waals surface area contributed by atoms with Crippen molar-refractivity contribution < 1.29 is 9.53 Å². The average Bonchev–Trinajstić information content (AvgIpc) is 2.17. The van der Waals surface area contributed by atoms with Crippen molar-refractivity contribution in [3.63, 3.8) is 0 Å². The first-order chi connectivity index (χ1) is 6.63. The van der Waals surface area contributed by atoms with Crippen LogP contribution >= 0.6 is 0 Å². The summed E-state index contributed by atoms with van der Waals surface area (Å²) in [6, 6.07) is 0. The highest BCUT2D eigenvalue weighted by Gasteiger charge is 2.17. The van der Waals surface area contributed by atoms with Crippen molar-refractivity contribution in [1.29, 1.82) is 0 Å². The minimum absolute atomic E-state index is 0.0908. The maximum atomic E-state index is 11.1. The molecule has 3 heteroatoms. The highest BCUT2D eigenvalue weighted by atomic mass is 16.5. The van der Waals surface area contributed by atoms with E-state index in [9.17, 15) is 4.79 Å². The number of allylic oxidation sites excluding steroid dienone is 3. The van der Waals surface area contributed by atoms with Crippen LogP contribution in [0.15, 0.2) is 35.8 Å². The molecule has 1 aliphatic heterocycles. The lowest BCUT2D eigenvalue weighted by molar-refractivity contribution is -0.117. The van der Waals surface area contributed by atoms with Crippen LogP contribution in [0.25, 0.3) is 0 Å². The first kappa shape index (κ1) is 10.6. The zero-order valence-corrected chi connectivity index (χ0v) is 8.49. The SMILES string of the molecule is C/C=C(N)/C=C(\C)[C@@H]1CC(=O)C=CO1. The predicted molar refractivity (Wildman–Crippen MR) is 55.3 cm³/mol. The molecule has 0 unspecified atom stereocenters. The molecule has 1 atom stereocenters. The van der Waals surface area contributed by atoms with Gasteiger partial charge in [-0.2, -0.15) is 0 Å². The van der Waals surface area contributed by atoms with Crippen molar-refractivity contribution in [2.75, 3.05) is 0 Å². The summed E-state index contributed by atoms with van der Waals surface area (Å²) in [5.41, 5.74) is 7.30. The van der Waals surface area contributed by atoms with E-state index in [0.29, 0.717) is 12.1 Å². The molecule has 0 aliphatic carbocycles. The van der Waals surface area contributed by atoms with Gasteiger partial charge in [-0.1, -0.05) is 6.08 Å². The van der Waals surface area contributed by atoms with Crippen LogP contribution < -0.4 is 5.73 Å². The third-order valence-electron chi connectivity index (χ3n) is 2.12. The number of ketones is 1. The summed E-state index contributed by atoms with van der Waals surface area (Å²) >= 11 is 0. The second-order valence-electron chi connectivity index (χ2n) is 3.27. The van der Waals surface area contributed by atoms with Gasteiger partial charge < -0.3 is 10.5 Å². The molecule has 14 heavy (non-hydrogen) atoms. The van der Waals surface area contributed by atoms with E-state index in [0.717, 1.165) is 5.57 Å². The Morgan fingerprint density at radius 2 is 2.43 bits per heavy atom. The van der Waals surface area contributed by atoms with Crippen molar-refractivity contribution in [3.8, 4) is 0 Å². The van der Waals surface area contributed by atoms with E-state index < -0.39 is 0 Å². The summed E-state index contributed by atoms with van der Waals surface area (Å²) in [5, 5.41) is 0. The monoisotopic (exact) mass is 193 g/mol. The Hall–Kier alpha value is -1.51. The summed E-state index contributed by atoms with van der Waals surface area (Å²) < 4.78 is 5.30. The van der Waals surface area contributed by atoms with Crippen LogP contribution in [0.5, 0.6) is 0 Å². The van der Waals surface area contributed by atoms with Crippen LogP contribution in [0.1, 0.15) is 20.3 Å². The number of carbonyl (C=O) groups is 1. The van der Waals surface area contributed by atoms with Crippen molar-refractivity contribution in [1.82, 2.24) is 0 Å². The summed E-state index contributed by atoms with van der Waals surface area (Å²) in [6.45, 7) is 3.78. The Morgan fingerprint density at radius 1 is 1.71 bits per heavy atom. The largest absolute Gasteiger partial charge is 0.493 e. The van der Waals surface area contributed by atoms with E-state index in [1.807, 2.05) is 26.0 Å². The molecule has 2 N–H and O–H groups in total. The second kappa shape index (κ2) is 4.65. The number of hydrogen-bond donors (Lipinski definition) is 1. The summed E-state index contributed by atoms with van der Waals surface area (Å²) in [6.07, 6.45) is 6.77. The fourth-order valence-electron chi connectivity index (χ4n) is 1.22. The number of ether oxygens (including phenoxy) is 1. The molecule has 0 spiro atoms. The third kappa shape index (κ3) is 2.76. The number of carbonyl (C=O) groups excluding carboxylic acids is 1. The van der Waals surface area contributed by atoms with Gasteiger partial charge in [-0.05, 0) is 25.5 Å². The molecule has 0 saturated heterocycles. The highest BCUT2D eigenvalue weighted by molar-refractivity contribution is 5.90. The molecular formula is C11H15NO2. The van der Waals surface area contributed by atoms with Gasteiger partial charge in [0.1, 0.15) is 6.10 Å². The molecule has 76 valence electrons. The molecule has 0 amide bonds. The van der Waals surface area contributed by atoms with Gasteiger partial charge in [-0.3, -0.25) is 4.79 Å². The standard InChI is InChI=1S/C11H15NO2/c1-3-9(12)6-8(2)11-7-10(13)4-5-14-11/h3-6,11H,7,12H2,1-2H3/b8-6+,9-3-/t11-/m0/s1. The van der Waals surface area contributed by atoms with Crippen molar-refractivity contribution in [2.24, 2.45) is 5.73 Å². The van der Waals surface area contributed by atoms with Crippen molar-refractivity contribution in [3.05, 3.63) is 35.8 Å². The zero-order chi connectivity index (χ0) is 10.6. The molecule has 1 aliphatic rings. The smallest absolute Gasteiger partial charge is 0.162 e. The fourth-order valence-corrected chi connectivity index (χ4v) is 1.22. The number of rotatable bonds is 2. The lowest BCUT2D eigenvalue weighted by Crippen LogP contribution is -2.20. The van der Waals surface area contributed by atoms with E-state index in [-0.39, 0.29) is 11.9 Å². The van der Waals surface area contributed by atoms with E-state index in [1.165, 1.54) is 12.3 Å². The van der Waals surface area contributed by atoms with Gasteiger partial charge in [0.05, 0.1) is 12.7 Å². The Bertz CT molecular complexity index is 313. The second-order valence-corrected chi connectivity index (χ2v) is 3.27. The minimum atomic E-state index is -0.161. The van der Waals surface area contributed by atoms with Crippen LogP contribution in [0.4, 0.5) is 0 Å². The molecule has 0 aromatic carbocycles. The summed E-state index contributed by atoms with van der Waals surface area (Å²) in [4.78, 5) is 11.1. The molecule has 0 aromatic rings. The normalized spacial score (nSPS) is 23.6. The topological polar surface area (TPSA) is 52.3 Å². The Morgan fingerprint density at radius 3 is 3.00 bits per heavy atom. The summed E-state index contributed by atoms with van der Waals surface area (Å²) in [5.74, 6) is 0.0908. The van der Waals surface area contributed by atoms with Gasteiger partial charge in [-0.15, -0.1) is 0 Å². The summed E-state index contributed by atoms with van der Waals surface area (Å²) in [7, 11) is 0. The first-order valence-electron chi connectivity index (χ1n) is 4.58. The van der Waals surface area contributed by atoms with Gasteiger partial charge in [-0.25, -0.2) is 0 Å². The molecule has 0 aromatic heterocycles. The van der Waals surface area contributed by atoms with E-state index in [2.05, 4.69) is 0 Å². The van der Waals surface area contributed by atoms with Gasteiger partial charge >= 0.3 is 0 Å². The Kier molecular flexibility index (Phi) is 3.51. The van der Waals surface area contributed by atoms with Crippen LogP contribution in [-0.2, 0) is 9.53 Å². The molecule has 0 bridgehead atoms. The van der Waals surface area contributed by atoms with E-state index in [4.69, 9.17) is 10.5 Å². The fraction of sp³-hybridized carbons (Fsp3) is 0.364. The van der Waals surface area contributed by atoms with Gasteiger partial charge in [0, 0.05) is 11.8 Å². The lowest BCUT2D eigenvalue weighted by Gasteiger charge is -2.19. The van der Waals surface area contributed by atoms with Gasteiger partial charge in [0.25, 0.3) is 0 Å². The molecule has 0 radical (unpaired) electrons. The van der Waals surface area contributed by atoms with Crippen LogP contribution in [0, 0.1) is 0 Å². The van der Waals surface area contributed by atoms with Gasteiger partial charge in [0.2, 0.25) is 0 Å². The quantitative estimate of drug-likeness (QED) is 0.679. The van der Waals surface area contributed by atoms with Crippen LogP contribution in [0.3, 0.4) is 0 Å². The predicted octanol–water partition coefficient (Wildman–Crippen LogP) is 1.67. The number of hydrogen-bond acceptors (Lipinski definition) is 3. The van der Waals surface area contributed by atoms with E-state index in [1.54, 1.807) is 0 Å². The average molecular weight is 193 g/mol. The van der Waals surface area contributed by atoms with Crippen molar-refractivity contribution in [2.45, 2.75) is 26.4 Å². The molecular weight excluding hydrogens is 178 g/mol. The van der Waals surface area contributed by atoms with Crippen LogP contribution in [-0.4, -0.2) is 11.9 Å². The molecule has 1 heterocycles. The molecule has 0 saturated carbocycles. The lowest BCUT2D eigenvalue weighted by atomic mass is 10.0. The molecule has 3 nitrogen and oxygen atoms in total. The zero-order valence-electron chi connectivity index (χ0n) is 8.49. The number of nitrogens with two attached hydrogens (primary N) is 1. The molecule has 1 rings (SSSR count). The van der Waals surface area contributed by atoms with Gasteiger partial charge in [0.15, 0.2) is 5.78 Å². The molecule has 0 fully saturated rings. The van der Waals surface area contributed by atoms with Crippen LogP contribution in [0.2, 0.25) is 0 Å². The maximum absolute atomic E-state index is 11.1. The highest BCUT2D eigenvalue weighted by Crippen LogP contribution is 2.16. The Balaban J connectivity index is 2.70. The first-order valence-corrected chi connectivity index (χ1v) is 4.58. The Labute approximate surface area is 83.9 Å². The van der Waals surface area contributed by atoms with Crippen molar-refractivity contribution >= 4 is 5.78 Å².